The van der Waals surface area contributed by atoms with E-state index in [0.717, 1.165) is 24.2 Å². The van der Waals surface area contributed by atoms with Crippen LogP contribution in [-0.4, -0.2) is 21.6 Å². The van der Waals surface area contributed by atoms with Crippen LogP contribution in [0.5, 0.6) is 0 Å². The summed E-state index contributed by atoms with van der Waals surface area (Å²) in [6, 6.07) is 0. The highest BCUT2D eigenvalue weighted by molar-refractivity contribution is 6.74. The molecule has 3 atom stereocenters. The van der Waals surface area contributed by atoms with Gasteiger partial charge in [-0.2, -0.15) is 0 Å². The maximum atomic E-state index is 6.51. The Balaban J connectivity index is 2.87. The minimum atomic E-state index is -1.75. The van der Waals surface area contributed by atoms with Crippen LogP contribution in [0.4, 0.5) is 0 Å². The molecule has 114 valence electrons. The van der Waals surface area contributed by atoms with Crippen molar-refractivity contribution in [3.8, 4) is 0 Å². The fourth-order valence-corrected chi connectivity index (χ4v) is 9.27. The summed E-state index contributed by atoms with van der Waals surface area (Å²) in [5, 5.41) is 0. The Bertz CT molecular complexity index is 237. The molecule has 0 aliphatic carbocycles. The van der Waals surface area contributed by atoms with Gasteiger partial charge in [0.25, 0.3) is 8.48 Å². The smallest absolute Gasteiger partial charge is 0.274 e. The van der Waals surface area contributed by atoms with Crippen LogP contribution in [0.25, 0.3) is 0 Å². The molecule has 3 unspecified atom stereocenters. The molecular formula is C16H35NOSi. The number of nitrogens with one attached hydrogen (secondary N) is 1. The number of hydrogen-bond acceptors (Lipinski definition) is 2. The first-order valence-electron chi connectivity index (χ1n) is 8.64. The van der Waals surface area contributed by atoms with Crippen molar-refractivity contribution in [3.05, 3.63) is 0 Å². The second-order valence-electron chi connectivity index (χ2n) is 6.03. The third kappa shape index (κ3) is 4.30. The van der Waals surface area contributed by atoms with E-state index in [1.807, 2.05) is 0 Å². The first-order valence-corrected chi connectivity index (χ1v) is 10.7. The van der Waals surface area contributed by atoms with Crippen molar-refractivity contribution in [2.24, 2.45) is 0 Å². The average Bonchev–Trinajstić information content (AvgIpc) is 2.44. The molecule has 0 aromatic heterocycles. The molecule has 0 aromatic carbocycles. The van der Waals surface area contributed by atoms with Crippen LogP contribution < -0.4 is 4.98 Å². The van der Waals surface area contributed by atoms with E-state index in [2.05, 4.69) is 32.7 Å². The van der Waals surface area contributed by atoms with Crippen molar-refractivity contribution in [2.45, 2.75) is 90.1 Å². The van der Waals surface area contributed by atoms with Gasteiger partial charge in [-0.15, -0.1) is 0 Å². The molecule has 1 rings (SSSR count). The normalized spacial score (nSPS) is 31.6. The monoisotopic (exact) mass is 285 g/mol. The topological polar surface area (TPSA) is 21.3 Å². The predicted molar refractivity (Wildman–Crippen MR) is 86.8 cm³/mol. The summed E-state index contributed by atoms with van der Waals surface area (Å²) in [6.45, 7) is 11.2. The fourth-order valence-electron chi connectivity index (χ4n) is 3.82. The molecule has 1 aliphatic heterocycles. The van der Waals surface area contributed by atoms with E-state index in [0.29, 0.717) is 0 Å². The Morgan fingerprint density at radius 3 is 2.37 bits per heavy atom. The van der Waals surface area contributed by atoms with Crippen LogP contribution in [0.15, 0.2) is 0 Å². The van der Waals surface area contributed by atoms with Gasteiger partial charge in [0.1, 0.15) is 0 Å². The van der Waals surface area contributed by atoms with Crippen LogP contribution >= 0.6 is 0 Å². The SMILES string of the molecule is CCCCC1CCCC(CC)[Si]1(NCCC)OCC. The fraction of sp³-hybridized carbons (Fsp3) is 1.00. The Kier molecular flexibility index (Phi) is 8.27. The molecule has 2 nitrogen and oxygen atoms in total. The van der Waals surface area contributed by atoms with Crippen molar-refractivity contribution in [3.63, 3.8) is 0 Å². The standard InChI is InChI=1S/C16H35NOSi/c1-5-9-11-16-13-10-12-15(7-3)19(16,18-8-4)17-14-6-2/h15-17H,5-14H2,1-4H3. The molecule has 3 heteroatoms. The molecule has 0 bridgehead atoms. The van der Waals surface area contributed by atoms with Gasteiger partial charge in [-0.1, -0.05) is 46.5 Å². The third-order valence-electron chi connectivity index (χ3n) is 4.75. The summed E-state index contributed by atoms with van der Waals surface area (Å²) < 4.78 is 6.51. The first-order chi connectivity index (χ1) is 9.25. The molecule has 1 aliphatic rings. The Morgan fingerprint density at radius 2 is 1.79 bits per heavy atom. The predicted octanol–water partition coefficient (Wildman–Crippen LogP) is 4.99. The first kappa shape index (κ1) is 17.2. The van der Waals surface area contributed by atoms with Crippen LogP contribution in [0.1, 0.15) is 79.1 Å². The van der Waals surface area contributed by atoms with E-state index in [1.165, 1.54) is 51.4 Å². The van der Waals surface area contributed by atoms with Crippen LogP contribution in [-0.2, 0) is 4.43 Å². The second kappa shape index (κ2) is 9.14. The maximum Gasteiger partial charge on any atom is 0.274 e. The number of rotatable bonds is 9. The van der Waals surface area contributed by atoms with E-state index >= 15 is 0 Å². The average molecular weight is 286 g/mol. The maximum absolute atomic E-state index is 6.51. The molecule has 1 saturated heterocycles. The Hall–Kier alpha value is 0.137. The van der Waals surface area contributed by atoms with Crippen LogP contribution in [0.2, 0.25) is 11.1 Å². The molecular weight excluding hydrogens is 250 g/mol. The Labute approximate surface area is 121 Å². The van der Waals surface area contributed by atoms with E-state index in [-0.39, 0.29) is 0 Å². The lowest BCUT2D eigenvalue weighted by Crippen LogP contribution is -2.62. The zero-order valence-corrected chi connectivity index (χ0v) is 14.6. The van der Waals surface area contributed by atoms with E-state index in [4.69, 9.17) is 4.43 Å². The van der Waals surface area contributed by atoms with Gasteiger partial charge in [0.05, 0.1) is 0 Å². The van der Waals surface area contributed by atoms with Crippen molar-refractivity contribution in [1.29, 1.82) is 0 Å². The van der Waals surface area contributed by atoms with E-state index in [9.17, 15) is 0 Å². The number of hydrogen-bond donors (Lipinski definition) is 1. The van der Waals surface area contributed by atoms with Gasteiger partial charge in [-0.05, 0) is 50.2 Å². The van der Waals surface area contributed by atoms with E-state index < -0.39 is 8.48 Å². The lowest BCUT2D eigenvalue weighted by atomic mass is 10.1. The van der Waals surface area contributed by atoms with Gasteiger partial charge >= 0.3 is 0 Å². The summed E-state index contributed by atoms with van der Waals surface area (Å²) in [6.07, 6.45) is 10.8. The van der Waals surface area contributed by atoms with Gasteiger partial charge < -0.3 is 9.41 Å². The summed E-state index contributed by atoms with van der Waals surface area (Å²) in [7, 11) is -1.75. The second-order valence-corrected chi connectivity index (χ2v) is 9.89. The van der Waals surface area contributed by atoms with Gasteiger partial charge in [-0.25, -0.2) is 0 Å². The lowest BCUT2D eigenvalue weighted by molar-refractivity contribution is 0.261. The number of unbranched alkanes of at least 4 members (excludes halogenated alkanes) is 1. The van der Waals surface area contributed by atoms with Crippen LogP contribution in [0, 0.1) is 0 Å². The van der Waals surface area contributed by atoms with Crippen molar-refractivity contribution >= 4 is 8.48 Å². The van der Waals surface area contributed by atoms with Crippen molar-refractivity contribution in [1.82, 2.24) is 4.98 Å². The summed E-state index contributed by atoms with van der Waals surface area (Å²) in [5.74, 6) is 0. The minimum absolute atomic E-state index is 0.828. The van der Waals surface area contributed by atoms with Gasteiger partial charge in [0, 0.05) is 6.61 Å². The van der Waals surface area contributed by atoms with Gasteiger partial charge in [0.2, 0.25) is 0 Å². The minimum Gasteiger partial charge on any atom is -0.403 e. The van der Waals surface area contributed by atoms with E-state index in [1.54, 1.807) is 0 Å². The molecule has 0 saturated carbocycles. The molecule has 0 amide bonds. The molecule has 0 aromatic rings. The highest BCUT2D eigenvalue weighted by atomic mass is 28.4. The summed E-state index contributed by atoms with van der Waals surface area (Å²) >= 11 is 0. The highest BCUT2D eigenvalue weighted by Crippen LogP contribution is 2.47. The Morgan fingerprint density at radius 1 is 1.05 bits per heavy atom. The zero-order chi connectivity index (χ0) is 14.1. The quantitative estimate of drug-likeness (QED) is 0.603. The lowest BCUT2D eigenvalue weighted by Gasteiger charge is -2.47. The van der Waals surface area contributed by atoms with Crippen LogP contribution in [0.3, 0.4) is 0 Å². The largest absolute Gasteiger partial charge is 0.403 e. The third-order valence-corrected chi connectivity index (χ3v) is 10.0. The van der Waals surface area contributed by atoms with Crippen molar-refractivity contribution < 1.29 is 4.43 Å². The molecule has 1 heterocycles. The van der Waals surface area contributed by atoms with Gasteiger partial charge in [0.15, 0.2) is 0 Å². The molecule has 1 fully saturated rings. The molecule has 0 radical (unpaired) electrons. The zero-order valence-electron chi connectivity index (χ0n) is 13.6. The molecule has 1 N–H and O–H groups in total. The van der Waals surface area contributed by atoms with Crippen molar-refractivity contribution in [2.75, 3.05) is 13.2 Å². The van der Waals surface area contributed by atoms with Gasteiger partial charge in [-0.3, -0.25) is 0 Å². The summed E-state index contributed by atoms with van der Waals surface area (Å²) in [5.41, 5.74) is 1.67. The molecule has 0 spiro atoms. The highest BCUT2D eigenvalue weighted by Gasteiger charge is 2.50. The molecule has 19 heavy (non-hydrogen) atoms. The summed E-state index contributed by atoms with van der Waals surface area (Å²) in [4.78, 5) is 3.96.